The van der Waals surface area contributed by atoms with Crippen LogP contribution in [0.15, 0.2) is 60.7 Å². The number of aliphatic hydroxyl groups is 4. The average molecular weight is 837 g/mol. The quantitative estimate of drug-likeness (QED) is 0.0823. The summed E-state index contributed by atoms with van der Waals surface area (Å²) in [5.41, 5.74) is 4.85. The summed E-state index contributed by atoms with van der Waals surface area (Å²) in [5, 5.41) is 38.2. The number of hydrogen-bond donors (Lipinski definition) is 4. The standard InChI is InChI=1S/C22H25BrO5.C22H25FO5/c2*1-22(2)7-6-13-8-14(4-5-18(13)28-22)21(26)20(23)15-9-16(11-24)17(12-25)19(10-15)27-3/h2*4-5,8-10,20,24-25H,6-7,11-12H2,1-3H3/i;23-1. The fourth-order valence-electron chi connectivity index (χ4n) is 6.97. The number of aliphatic hydroxyl groups excluding tert-OH is 4. The van der Waals surface area contributed by atoms with E-state index in [1.54, 1.807) is 36.4 Å². The van der Waals surface area contributed by atoms with Gasteiger partial charge in [-0.15, -0.1) is 0 Å². The molecule has 0 aliphatic carbocycles. The molecule has 2 aliphatic rings. The molecular weight excluding hydrogens is 786 g/mol. The molecule has 6 rings (SSSR count). The van der Waals surface area contributed by atoms with Gasteiger partial charge in [-0.05, 0) is 141 Å². The van der Waals surface area contributed by atoms with Gasteiger partial charge in [0.25, 0.3) is 0 Å². The van der Waals surface area contributed by atoms with E-state index >= 15 is 4.39 Å². The number of hydrogen-bond acceptors (Lipinski definition) is 10. The van der Waals surface area contributed by atoms with Gasteiger partial charge < -0.3 is 39.4 Å². The lowest BCUT2D eigenvalue weighted by Gasteiger charge is -2.32. The molecule has 0 fully saturated rings. The Morgan fingerprint density at radius 3 is 1.54 bits per heavy atom. The molecule has 12 heteroatoms. The highest BCUT2D eigenvalue weighted by Crippen LogP contribution is 2.38. The lowest BCUT2D eigenvalue weighted by Crippen LogP contribution is -2.32. The first-order chi connectivity index (χ1) is 26.6. The number of rotatable bonds is 12. The summed E-state index contributed by atoms with van der Waals surface area (Å²) in [4.78, 5) is 25.2. The van der Waals surface area contributed by atoms with Crippen molar-refractivity contribution < 1.29 is 53.4 Å². The van der Waals surface area contributed by atoms with Crippen molar-refractivity contribution in [3.05, 3.63) is 116 Å². The van der Waals surface area contributed by atoms with E-state index in [0.717, 1.165) is 48.3 Å². The van der Waals surface area contributed by atoms with Crippen molar-refractivity contribution in [1.82, 2.24) is 0 Å². The molecule has 0 radical (unpaired) electrons. The van der Waals surface area contributed by atoms with Crippen molar-refractivity contribution in [2.24, 2.45) is 0 Å². The van der Waals surface area contributed by atoms with E-state index in [9.17, 15) is 30.0 Å². The maximum atomic E-state index is 15.1. The first kappa shape index (κ1) is 42.8. The average Bonchev–Trinajstić information content (AvgIpc) is 3.20. The molecule has 4 aromatic carbocycles. The molecule has 300 valence electrons. The summed E-state index contributed by atoms with van der Waals surface area (Å²) < 4.78 is 37.5. The number of benzene rings is 4. The van der Waals surface area contributed by atoms with Crippen LogP contribution in [-0.4, -0.2) is 57.4 Å². The van der Waals surface area contributed by atoms with Crippen LogP contribution in [0.3, 0.4) is 0 Å². The van der Waals surface area contributed by atoms with Crippen molar-refractivity contribution in [1.29, 1.82) is 0 Å². The van der Waals surface area contributed by atoms with Crippen LogP contribution in [0, 0.1) is 0 Å². The van der Waals surface area contributed by atoms with E-state index < -0.39 is 23.4 Å². The van der Waals surface area contributed by atoms with Crippen LogP contribution in [0.25, 0.3) is 0 Å². The summed E-state index contributed by atoms with van der Waals surface area (Å²) in [6.07, 6.45) is 1.43. The van der Waals surface area contributed by atoms with Crippen LogP contribution < -0.4 is 18.9 Å². The number of fused-ring (bicyclic) bond motifs is 2. The molecule has 0 amide bonds. The number of aryl methyl sites for hydroxylation is 2. The van der Waals surface area contributed by atoms with E-state index in [2.05, 4.69) is 29.8 Å². The van der Waals surface area contributed by atoms with Crippen LogP contribution in [0.4, 0.5) is 4.39 Å². The van der Waals surface area contributed by atoms with E-state index in [4.69, 9.17) is 18.9 Å². The van der Waals surface area contributed by atoms with Gasteiger partial charge in [0, 0.05) is 22.3 Å². The Labute approximate surface area is 335 Å². The first-order valence-corrected chi connectivity index (χ1v) is 19.3. The van der Waals surface area contributed by atoms with Crippen molar-refractivity contribution in [3.63, 3.8) is 0 Å². The van der Waals surface area contributed by atoms with Gasteiger partial charge in [-0.1, -0.05) is 22.0 Å². The highest BCUT2D eigenvalue weighted by Gasteiger charge is 2.31. The summed E-state index contributed by atoms with van der Waals surface area (Å²) in [6.45, 7) is 6.89. The third-order valence-corrected chi connectivity index (χ3v) is 11.2. The molecule has 10 nitrogen and oxygen atoms in total. The Hall–Kier alpha value is -4.33. The van der Waals surface area contributed by atoms with E-state index in [1.807, 2.05) is 26.0 Å². The van der Waals surface area contributed by atoms with Gasteiger partial charge in [0.05, 0.1) is 40.6 Å². The summed E-state index contributed by atoms with van der Waals surface area (Å²) in [5.74, 6) is 1.48. The van der Waals surface area contributed by atoms with Crippen LogP contribution in [0.2, 0.25) is 0 Å². The smallest absolute Gasteiger partial charge is 0.201 e. The lowest BCUT2D eigenvalue weighted by atomic mass is 9.91. The van der Waals surface area contributed by atoms with Crippen molar-refractivity contribution in [2.45, 2.75) is 102 Å². The number of halogens is 2. The molecule has 0 saturated carbocycles. The predicted octanol–water partition coefficient (Wildman–Crippen LogP) is 7.78. The highest BCUT2D eigenvalue weighted by atomic mass is 79.9. The van der Waals surface area contributed by atoms with E-state index in [0.29, 0.717) is 39.1 Å². The molecule has 56 heavy (non-hydrogen) atoms. The van der Waals surface area contributed by atoms with Gasteiger partial charge in [0.2, 0.25) is 5.78 Å². The Balaban J connectivity index is 0.000000214. The number of methoxy groups -OCH3 is 2. The number of carbonyl (C=O) groups excluding carboxylic acids is 2. The molecule has 0 bridgehead atoms. The van der Waals surface area contributed by atoms with Gasteiger partial charge in [-0.25, -0.2) is 4.39 Å². The Morgan fingerprint density at radius 1 is 0.679 bits per heavy atom. The zero-order valence-corrected chi connectivity index (χ0v) is 34.2. The molecule has 0 spiro atoms. The third kappa shape index (κ3) is 9.44. The number of ether oxygens (including phenoxy) is 4. The van der Waals surface area contributed by atoms with Crippen LogP contribution in [-0.2, 0) is 39.3 Å². The molecule has 2 unspecified atom stereocenters. The van der Waals surface area contributed by atoms with Gasteiger partial charge in [-0.2, -0.15) is 0 Å². The van der Waals surface area contributed by atoms with Crippen LogP contribution in [0.1, 0.15) is 117 Å². The first-order valence-electron chi connectivity index (χ1n) is 18.4. The molecule has 2 heterocycles. The number of ketones is 2. The van der Waals surface area contributed by atoms with Gasteiger partial charge in [0.1, 0.15) is 39.0 Å². The van der Waals surface area contributed by atoms with Gasteiger partial charge in [0.15, 0.2) is 12.0 Å². The molecule has 2 atom stereocenters. The molecule has 4 aromatic rings. The second kappa shape index (κ2) is 17.9. The van der Waals surface area contributed by atoms with E-state index in [-0.39, 0.29) is 53.7 Å². The Bertz CT molecular complexity index is 1880. The summed E-state index contributed by atoms with van der Waals surface area (Å²) >= 11 is 3.49. The topological polar surface area (TPSA) is 152 Å². The SMILES string of the molecule is COc1cc(C(Br)C(=O)c2ccc3c(c2)CCC(C)(C)O3)cc(CO)c1CO.COc1cc(C([18F])C(=O)c2ccc3c(c2)CCC(C)(C)O3)cc(CO)c1CO. The minimum atomic E-state index is -1.91. The largest absolute Gasteiger partial charge is 0.496 e. The zero-order valence-electron chi connectivity index (χ0n) is 32.6. The zero-order chi connectivity index (χ0) is 40.9. The second-order valence-corrected chi connectivity index (χ2v) is 16.1. The molecule has 4 N–H and O–H groups in total. The number of Topliss-reactive ketones (excluding diaryl/α,β-unsaturated/α-hetero) is 2. The fourth-order valence-corrected chi connectivity index (χ4v) is 7.50. The molecule has 2 aliphatic heterocycles. The third-order valence-electron chi connectivity index (χ3n) is 10.2. The van der Waals surface area contributed by atoms with Crippen LogP contribution >= 0.6 is 15.9 Å². The number of carbonyl (C=O) groups is 2. The maximum Gasteiger partial charge on any atom is 0.201 e. The van der Waals surface area contributed by atoms with Crippen molar-refractivity contribution in [2.75, 3.05) is 14.2 Å². The minimum Gasteiger partial charge on any atom is -0.496 e. The lowest BCUT2D eigenvalue weighted by molar-refractivity contribution is 0.0836. The monoisotopic (exact) mass is 835 g/mol. The van der Waals surface area contributed by atoms with Crippen LogP contribution in [0.5, 0.6) is 23.0 Å². The summed E-state index contributed by atoms with van der Waals surface area (Å²) in [7, 11) is 2.88. The fraction of sp³-hybridized carbons (Fsp3) is 0.409. The van der Waals surface area contributed by atoms with E-state index in [1.165, 1.54) is 26.4 Å². The molecule has 0 saturated heterocycles. The predicted molar refractivity (Wildman–Crippen MR) is 213 cm³/mol. The van der Waals surface area contributed by atoms with Gasteiger partial charge >= 0.3 is 0 Å². The van der Waals surface area contributed by atoms with Gasteiger partial charge in [-0.3, -0.25) is 9.59 Å². The Morgan fingerprint density at radius 2 is 1.11 bits per heavy atom. The molecular formula is C44H50BrFO10. The minimum absolute atomic E-state index is 0.0817. The second-order valence-electron chi connectivity index (χ2n) is 15.2. The van der Waals surface area contributed by atoms with Crippen molar-refractivity contribution >= 4 is 27.5 Å². The summed E-state index contributed by atoms with van der Waals surface area (Å²) in [6, 6.07) is 16.7. The Kier molecular flexibility index (Phi) is 13.6. The highest BCUT2D eigenvalue weighted by molar-refractivity contribution is 9.09. The maximum absolute atomic E-state index is 15.1. The normalized spacial score (nSPS) is 16.1. The van der Waals surface area contributed by atoms with Crippen molar-refractivity contribution in [3.8, 4) is 23.0 Å². The number of alkyl halides is 2. The molecule has 0 aromatic heterocycles.